The zero-order valence-corrected chi connectivity index (χ0v) is 17.1. The monoisotopic (exact) mass is 409 g/mol. The van der Waals surface area contributed by atoms with E-state index in [4.69, 9.17) is 9.26 Å². The van der Waals surface area contributed by atoms with Crippen LogP contribution in [0.1, 0.15) is 39.2 Å². The molecule has 3 aromatic rings. The van der Waals surface area contributed by atoms with Gasteiger partial charge in [-0.3, -0.25) is 0 Å². The number of hydrogen-bond acceptors (Lipinski definition) is 6. The van der Waals surface area contributed by atoms with Gasteiger partial charge in [0.05, 0.1) is 18.9 Å². The lowest BCUT2D eigenvalue weighted by Gasteiger charge is -2.07. The van der Waals surface area contributed by atoms with E-state index in [1.54, 1.807) is 19.9 Å². The Balaban J connectivity index is 1.70. The van der Waals surface area contributed by atoms with Crippen molar-refractivity contribution in [3.8, 4) is 11.8 Å². The number of rotatable bonds is 3. The van der Waals surface area contributed by atoms with Gasteiger partial charge in [0.25, 0.3) is 10.0 Å². The summed E-state index contributed by atoms with van der Waals surface area (Å²) in [6.45, 7) is 6.64. The summed E-state index contributed by atoms with van der Waals surface area (Å²) in [5.41, 5.74) is 5.56. The molecule has 0 bridgehead atoms. The van der Waals surface area contributed by atoms with Crippen LogP contribution in [0.3, 0.4) is 0 Å². The lowest BCUT2D eigenvalue weighted by molar-refractivity contribution is 0.134. The number of nitrogens with zero attached hydrogens (tertiary/aromatic N) is 2. The van der Waals surface area contributed by atoms with Gasteiger partial charge in [-0.05, 0) is 61.6 Å². The van der Waals surface area contributed by atoms with E-state index in [2.05, 4.69) is 26.7 Å². The number of benzene rings is 1. The van der Waals surface area contributed by atoms with Crippen LogP contribution >= 0.6 is 0 Å². The highest BCUT2D eigenvalue weighted by atomic mass is 32.2. The smallest absolute Gasteiger partial charge is 0.267 e. The molecule has 0 saturated carbocycles. The quantitative estimate of drug-likeness (QED) is 0.668. The number of hydrogen-bond donors (Lipinski definition) is 1. The third kappa shape index (κ3) is 3.62. The molecule has 3 heterocycles. The van der Waals surface area contributed by atoms with Crippen molar-refractivity contribution < 1.29 is 17.7 Å². The van der Waals surface area contributed by atoms with E-state index in [1.165, 1.54) is 12.3 Å². The molecule has 0 atom stereocenters. The van der Waals surface area contributed by atoms with Crippen LogP contribution in [-0.2, 0) is 28.0 Å². The number of aromatic nitrogens is 2. The van der Waals surface area contributed by atoms with Crippen molar-refractivity contribution in [1.29, 1.82) is 0 Å². The molecule has 7 nitrogen and oxygen atoms in total. The van der Waals surface area contributed by atoms with Gasteiger partial charge in [0.1, 0.15) is 10.6 Å². The summed E-state index contributed by atoms with van der Waals surface area (Å²) in [4.78, 5) is 4.14. The molecular weight excluding hydrogens is 390 g/mol. The molecule has 1 aliphatic rings. The molecule has 29 heavy (non-hydrogen) atoms. The molecule has 0 fully saturated rings. The topological polar surface area (TPSA) is 94.3 Å². The Labute approximate surface area is 169 Å². The zero-order chi connectivity index (χ0) is 20.6. The number of aryl methyl sites for hydroxylation is 1. The molecular formula is C21H19N3O4S. The van der Waals surface area contributed by atoms with E-state index < -0.39 is 10.0 Å². The van der Waals surface area contributed by atoms with E-state index in [1.807, 2.05) is 19.1 Å². The summed E-state index contributed by atoms with van der Waals surface area (Å²) in [6.07, 6.45) is 1.51. The number of sulfonamides is 1. The van der Waals surface area contributed by atoms with Crippen LogP contribution in [0.4, 0.5) is 5.88 Å². The van der Waals surface area contributed by atoms with Crippen molar-refractivity contribution in [2.75, 3.05) is 4.72 Å². The van der Waals surface area contributed by atoms with Gasteiger partial charge in [-0.2, -0.15) is 0 Å². The van der Waals surface area contributed by atoms with Crippen LogP contribution in [0.25, 0.3) is 0 Å². The standard InChI is InChI=1S/C21H19N3O4S/c1-13-15(3)23-28-21(13)24-29(25,26)20-5-4-10-22-19(20)9-8-16-6-7-17-11-27-12-18(17)14(16)2/h4-7,10,24H,11-12H2,1-3H3. The van der Waals surface area contributed by atoms with Gasteiger partial charge in [0, 0.05) is 17.3 Å². The number of pyridine rings is 1. The number of ether oxygens (including phenoxy) is 1. The molecule has 0 saturated heterocycles. The molecule has 2 aromatic heterocycles. The maximum absolute atomic E-state index is 12.9. The third-order valence-corrected chi connectivity index (χ3v) is 6.32. The molecule has 1 aromatic carbocycles. The normalized spacial score (nSPS) is 12.9. The van der Waals surface area contributed by atoms with Gasteiger partial charge >= 0.3 is 0 Å². The van der Waals surface area contributed by atoms with Gasteiger partial charge in [-0.1, -0.05) is 17.1 Å². The first kappa shape index (κ1) is 19.2. The minimum atomic E-state index is -3.95. The Morgan fingerprint density at radius 1 is 1.07 bits per heavy atom. The van der Waals surface area contributed by atoms with Crippen LogP contribution in [0, 0.1) is 32.6 Å². The first-order chi connectivity index (χ1) is 13.9. The van der Waals surface area contributed by atoms with E-state index in [0.717, 1.165) is 22.3 Å². The highest BCUT2D eigenvalue weighted by molar-refractivity contribution is 7.92. The van der Waals surface area contributed by atoms with Gasteiger partial charge < -0.3 is 9.26 Å². The van der Waals surface area contributed by atoms with E-state index >= 15 is 0 Å². The second kappa shape index (κ2) is 7.35. The maximum atomic E-state index is 12.9. The number of anilines is 1. The second-order valence-corrected chi connectivity index (χ2v) is 8.45. The fourth-order valence-corrected chi connectivity index (χ4v) is 4.22. The van der Waals surface area contributed by atoms with E-state index in [0.29, 0.717) is 24.5 Å². The van der Waals surface area contributed by atoms with Crippen LogP contribution in [-0.4, -0.2) is 18.6 Å². The lowest BCUT2D eigenvalue weighted by atomic mass is 9.99. The summed E-state index contributed by atoms with van der Waals surface area (Å²) in [7, 11) is -3.95. The molecule has 148 valence electrons. The predicted molar refractivity (Wildman–Crippen MR) is 107 cm³/mol. The molecule has 0 aliphatic carbocycles. The van der Waals surface area contributed by atoms with Crippen LogP contribution < -0.4 is 4.72 Å². The van der Waals surface area contributed by atoms with E-state index in [-0.39, 0.29) is 16.5 Å². The molecule has 1 N–H and O–H groups in total. The molecule has 1 aliphatic heterocycles. The Morgan fingerprint density at radius 2 is 1.90 bits per heavy atom. The molecule has 4 rings (SSSR count). The Hall–Kier alpha value is -3.15. The first-order valence-electron chi connectivity index (χ1n) is 8.98. The minimum Gasteiger partial charge on any atom is -0.372 e. The highest BCUT2D eigenvalue weighted by Crippen LogP contribution is 2.26. The largest absolute Gasteiger partial charge is 0.372 e. The third-order valence-electron chi connectivity index (χ3n) is 4.96. The highest BCUT2D eigenvalue weighted by Gasteiger charge is 2.22. The van der Waals surface area contributed by atoms with Crippen molar-refractivity contribution in [3.63, 3.8) is 0 Å². The molecule has 0 amide bonds. The molecule has 0 spiro atoms. The Kier molecular flexibility index (Phi) is 4.86. The maximum Gasteiger partial charge on any atom is 0.267 e. The SMILES string of the molecule is Cc1noc(NS(=O)(=O)c2cccnc2C#Cc2ccc3c(c2C)COC3)c1C. The molecule has 0 radical (unpaired) electrons. The summed E-state index contributed by atoms with van der Waals surface area (Å²) in [5, 5.41) is 3.77. The van der Waals surface area contributed by atoms with Crippen molar-refractivity contribution in [2.45, 2.75) is 38.9 Å². The Morgan fingerprint density at radius 3 is 2.66 bits per heavy atom. The fraction of sp³-hybridized carbons (Fsp3) is 0.238. The molecule has 8 heteroatoms. The van der Waals surface area contributed by atoms with Gasteiger partial charge in [0.15, 0.2) is 0 Å². The van der Waals surface area contributed by atoms with Crippen LogP contribution in [0.2, 0.25) is 0 Å². The van der Waals surface area contributed by atoms with Crippen molar-refractivity contribution in [1.82, 2.24) is 10.1 Å². The summed E-state index contributed by atoms with van der Waals surface area (Å²) in [5.74, 6) is 6.04. The average molecular weight is 409 g/mol. The number of nitrogens with one attached hydrogen (secondary N) is 1. The van der Waals surface area contributed by atoms with Crippen molar-refractivity contribution in [2.24, 2.45) is 0 Å². The minimum absolute atomic E-state index is 0.0249. The van der Waals surface area contributed by atoms with Gasteiger partial charge in [-0.25, -0.2) is 18.1 Å². The van der Waals surface area contributed by atoms with Gasteiger partial charge in [-0.15, -0.1) is 0 Å². The molecule has 0 unspecified atom stereocenters. The van der Waals surface area contributed by atoms with Gasteiger partial charge in [0.2, 0.25) is 5.88 Å². The first-order valence-corrected chi connectivity index (χ1v) is 10.5. The van der Waals surface area contributed by atoms with Crippen molar-refractivity contribution >= 4 is 15.9 Å². The van der Waals surface area contributed by atoms with E-state index in [9.17, 15) is 8.42 Å². The van der Waals surface area contributed by atoms with Crippen LogP contribution in [0.15, 0.2) is 39.9 Å². The Bertz CT molecular complexity index is 1270. The summed E-state index contributed by atoms with van der Waals surface area (Å²) < 4.78 is 38.8. The van der Waals surface area contributed by atoms with Crippen molar-refractivity contribution in [3.05, 3.63) is 69.7 Å². The number of fused-ring (bicyclic) bond motifs is 1. The zero-order valence-electron chi connectivity index (χ0n) is 16.2. The lowest BCUT2D eigenvalue weighted by Crippen LogP contribution is -2.15. The summed E-state index contributed by atoms with van der Waals surface area (Å²) in [6, 6.07) is 6.93. The average Bonchev–Trinajstić information content (AvgIpc) is 3.30. The fourth-order valence-electron chi connectivity index (χ4n) is 3.06. The summed E-state index contributed by atoms with van der Waals surface area (Å²) >= 11 is 0. The van der Waals surface area contributed by atoms with Crippen LogP contribution in [0.5, 0.6) is 0 Å². The predicted octanol–water partition coefficient (Wildman–Crippen LogP) is 3.23. The second-order valence-electron chi connectivity index (χ2n) is 6.80.